The number of amidine groups is 1. The van der Waals surface area contributed by atoms with Gasteiger partial charge in [-0.25, -0.2) is 12.7 Å². The number of hydrogen-bond acceptors (Lipinski definition) is 4. The first-order valence-corrected chi connectivity index (χ1v) is 12.5. The van der Waals surface area contributed by atoms with Gasteiger partial charge in [-0.05, 0) is 42.3 Å². The number of sulfonamides is 1. The molecule has 1 aliphatic heterocycles. The Bertz CT molecular complexity index is 1430. The number of nitrogens with zero attached hydrogens (tertiary/aromatic N) is 2. The monoisotopic (exact) mass is 468 g/mol. The van der Waals surface area contributed by atoms with E-state index in [1.165, 1.54) is 4.31 Å². The maximum Gasteiger partial charge on any atom is 0.266 e. The number of aryl methyl sites for hydroxylation is 1. The Morgan fingerprint density at radius 2 is 1.29 bits per heavy atom. The van der Waals surface area contributed by atoms with E-state index >= 15 is 0 Å². The van der Waals surface area contributed by atoms with Crippen molar-refractivity contribution in [2.75, 3.05) is 0 Å². The van der Waals surface area contributed by atoms with Crippen LogP contribution in [0.2, 0.25) is 0 Å². The number of para-hydroxylation sites is 1. The first-order valence-electron chi connectivity index (χ1n) is 11.0. The van der Waals surface area contributed by atoms with Gasteiger partial charge in [0.15, 0.2) is 0 Å². The molecule has 170 valence electrons. The summed E-state index contributed by atoms with van der Waals surface area (Å²) in [6.45, 7) is 1.92. The zero-order valence-corrected chi connectivity index (χ0v) is 19.4. The van der Waals surface area contributed by atoms with Gasteiger partial charge in [0.05, 0.1) is 16.5 Å². The van der Waals surface area contributed by atoms with Crippen molar-refractivity contribution in [1.29, 1.82) is 0 Å². The molecule has 0 aromatic heterocycles. The highest BCUT2D eigenvalue weighted by Crippen LogP contribution is 2.46. The van der Waals surface area contributed by atoms with Crippen molar-refractivity contribution in [3.63, 3.8) is 0 Å². The van der Waals surface area contributed by atoms with E-state index in [4.69, 9.17) is 4.99 Å². The van der Waals surface area contributed by atoms with Crippen LogP contribution in [0.15, 0.2) is 119 Å². The minimum absolute atomic E-state index is 0.0223. The quantitative estimate of drug-likeness (QED) is 0.412. The molecule has 1 aliphatic rings. The van der Waals surface area contributed by atoms with E-state index in [0.29, 0.717) is 5.56 Å². The molecule has 5 nitrogen and oxygen atoms in total. The minimum atomic E-state index is -4.02. The fraction of sp³-hybridized carbons (Fsp3) is 0.107. The van der Waals surface area contributed by atoms with Crippen LogP contribution in [-0.4, -0.2) is 23.7 Å². The van der Waals surface area contributed by atoms with Gasteiger partial charge in [-0.15, -0.1) is 0 Å². The van der Waals surface area contributed by atoms with Gasteiger partial charge >= 0.3 is 0 Å². The Hall–Kier alpha value is -3.90. The van der Waals surface area contributed by atoms with Crippen LogP contribution < -0.4 is 0 Å². The van der Waals surface area contributed by atoms with Gasteiger partial charge < -0.3 is 5.11 Å². The summed E-state index contributed by atoms with van der Waals surface area (Å²) in [6, 6.07) is 31.6. The summed E-state index contributed by atoms with van der Waals surface area (Å²) in [5, 5.41) is 10.7. The SMILES string of the molecule is Cc1ccc(S(=O)(=O)N2C(c3ccccc3O)=N[C@@H](c3ccccc3)[C@@H]2c2ccccc2)cc1. The van der Waals surface area contributed by atoms with E-state index in [1.807, 2.05) is 67.6 Å². The van der Waals surface area contributed by atoms with Crippen LogP contribution >= 0.6 is 0 Å². The predicted molar refractivity (Wildman–Crippen MR) is 133 cm³/mol. The Kier molecular flexibility index (Phi) is 5.67. The summed E-state index contributed by atoms with van der Waals surface area (Å²) in [5.74, 6) is 0.201. The zero-order valence-electron chi connectivity index (χ0n) is 18.6. The van der Waals surface area contributed by atoms with E-state index in [2.05, 4.69) is 0 Å². The second-order valence-electron chi connectivity index (χ2n) is 8.29. The molecule has 0 bridgehead atoms. The lowest BCUT2D eigenvalue weighted by molar-refractivity contribution is 0.418. The standard InChI is InChI=1S/C28H24N2O3S/c1-20-16-18-23(19-17-20)34(32,33)30-27(22-12-6-3-7-13-22)26(21-10-4-2-5-11-21)29-28(30)24-14-8-9-15-25(24)31/h2-19,26-27,31H,1H3/t26-,27-/m0/s1. The lowest BCUT2D eigenvalue weighted by Crippen LogP contribution is -2.37. The largest absolute Gasteiger partial charge is 0.507 e. The summed E-state index contributed by atoms with van der Waals surface area (Å²) in [4.78, 5) is 5.12. The number of hydrogen-bond donors (Lipinski definition) is 1. The fourth-order valence-corrected chi connectivity index (χ4v) is 5.95. The summed E-state index contributed by atoms with van der Waals surface area (Å²) in [7, 11) is -4.02. The van der Waals surface area contributed by atoms with Gasteiger partial charge in [0, 0.05) is 0 Å². The van der Waals surface area contributed by atoms with E-state index in [-0.39, 0.29) is 16.5 Å². The fourth-order valence-electron chi connectivity index (χ4n) is 4.33. The van der Waals surface area contributed by atoms with Gasteiger partial charge in [-0.2, -0.15) is 0 Å². The van der Waals surface area contributed by atoms with Crippen LogP contribution in [0.4, 0.5) is 0 Å². The summed E-state index contributed by atoms with van der Waals surface area (Å²) >= 11 is 0. The number of rotatable bonds is 5. The lowest BCUT2D eigenvalue weighted by Gasteiger charge is -2.30. The number of aliphatic imine (C=N–C) groups is 1. The predicted octanol–water partition coefficient (Wildman–Crippen LogP) is 5.63. The molecule has 6 heteroatoms. The molecule has 0 amide bonds. The van der Waals surface area contributed by atoms with E-state index in [1.54, 1.807) is 48.5 Å². The Labute approximate surface area is 199 Å². The van der Waals surface area contributed by atoms with Crippen molar-refractivity contribution in [2.24, 2.45) is 4.99 Å². The Balaban J connectivity index is 1.77. The van der Waals surface area contributed by atoms with Crippen LogP contribution in [0.3, 0.4) is 0 Å². The molecule has 1 N–H and O–H groups in total. The third-order valence-electron chi connectivity index (χ3n) is 6.03. The Morgan fingerprint density at radius 1 is 0.735 bits per heavy atom. The van der Waals surface area contributed by atoms with Crippen molar-refractivity contribution in [1.82, 2.24) is 4.31 Å². The molecule has 0 fully saturated rings. The second-order valence-corrected chi connectivity index (χ2v) is 10.1. The molecule has 34 heavy (non-hydrogen) atoms. The molecule has 4 aromatic rings. The smallest absolute Gasteiger partial charge is 0.266 e. The van der Waals surface area contributed by atoms with Crippen molar-refractivity contribution in [3.8, 4) is 5.75 Å². The average Bonchev–Trinajstić information content (AvgIpc) is 3.27. The highest BCUT2D eigenvalue weighted by atomic mass is 32.2. The average molecular weight is 469 g/mol. The van der Waals surface area contributed by atoms with Gasteiger partial charge in [-0.1, -0.05) is 90.5 Å². The Morgan fingerprint density at radius 3 is 1.91 bits per heavy atom. The zero-order chi connectivity index (χ0) is 23.7. The first kappa shape index (κ1) is 21.9. The molecule has 0 saturated heterocycles. The van der Waals surface area contributed by atoms with Crippen molar-refractivity contribution < 1.29 is 13.5 Å². The van der Waals surface area contributed by atoms with Gasteiger partial charge in [-0.3, -0.25) is 4.99 Å². The van der Waals surface area contributed by atoms with Crippen LogP contribution in [0.25, 0.3) is 0 Å². The molecule has 0 aliphatic carbocycles. The highest BCUT2D eigenvalue weighted by Gasteiger charge is 2.46. The number of phenols is 1. The van der Waals surface area contributed by atoms with Crippen molar-refractivity contribution in [3.05, 3.63) is 131 Å². The number of benzene rings is 4. The van der Waals surface area contributed by atoms with E-state index in [9.17, 15) is 13.5 Å². The van der Waals surface area contributed by atoms with Crippen LogP contribution in [0.5, 0.6) is 5.75 Å². The molecular formula is C28H24N2O3S. The maximum absolute atomic E-state index is 14.2. The normalized spacial score (nSPS) is 18.0. The molecule has 0 saturated carbocycles. The summed E-state index contributed by atoms with van der Waals surface area (Å²) < 4.78 is 29.7. The summed E-state index contributed by atoms with van der Waals surface area (Å²) in [5.41, 5.74) is 3.06. The van der Waals surface area contributed by atoms with Crippen LogP contribution in [0, 0.1) is 6.92 Å². The number of phenolic OH excluding ortho intramolecular Hbond substituents is 1. The van der Waals surface area contributed by atoms with E-state index in [0.717, 1.165) is 16.7 Å². The van der Waals surface area contributed by atoms with Gasteiger partial charge in [0.25, 0.3) is 10.0 Å². The minimum Gasteiger partial charge on any atom is -0.507 e. The topological polar surface area (TPSA) is 70.0 Å². The first-order chi connectivity index (χ1) is 16.5. The molecule has 0 spiro atoms. The molecular weight excluding hydrogens is 444 g/mol. The highest BCUT2D eigenvalue weighted by molar-refractivity contribution is 7.89. The van der Waals surface area contributed by atoms with Gasteiger partial charge in [0.1, 0.15) is 17.6 Å². The van der Waals surface area contributed by atoms with Gasteiger partial charge in [0.2, 0.25) is 0 Å². The summed E-state index contributed by atoms with van der Waals surface area (Å²) in [6.07, 6.45) is 0. The van der Waals surface area contributed by atoms with E-state index < -0.39 is 22.1 Å². The lowest BCUT2D eigenvalue weighted by atomic mass is 9.95. The molecule has 5 rings (SSSR count). The third-order valence-corrected chi connectivity index (χ3v) is 7.81. The van der Waals surface area contributed by atoms with Crippen molar-refractivity contribution >= 4 is 15.9 Å². The molecule has 1 heterocycles. The maximum atomic E-state index is 14.2. The number of aromatic hydroxyl groups is 1. The molecule has 0 unspecified atom stereocenters. The molecule has 4 aromatic carbocycles. The van der Waals surface area contributed by atoms with Crippen LogP contribution in [0.1, 0.15) is 34.3 Å². The van der Waals surface area contributed by atoms with Crippen molar-refractivity contribution in [2.45, 2.75) is 23.9 Å². The molecule has 2 atom stereocenters. The second kappa shape index (κ2) is 8.80. The van der Waals surface area contributed by atoms with Crippen LogP contribution in [-0.2, 0) is 10.0 Å². The third kappa shape index (κ3) is 3.86. The molecule has 0 radical (unpaired) electrons.